The SMILES string of the molecule is CC(C)(C)OC(=O)N1CCc2[nH]nc(-c3ccc(Br)cc3)c2C1. The molecule has 0 atom stereocenters. The van der Waals surface area contributed by atoms with E-state index >= 15 is 0 Å². The van der Waals surface area contributed by atoms with Crippen LogP contribution in [0.4, 0.5) is 4.79 Å². The van der Waals surface area contributed by atoms with Crippen LogP contribution in [0, 0.1) is 0 Å². The molecule has 122 valence electrons. The Bertz CT molecular complexity index is 716. The molecule has 0 bridgehead atoms. The van der Waals surface area contributed by atoms with Crippen molar-refractivity contribution in [1.29, 1.82) is 0 Å². The van der Waals surface area contributed by atoms with Crippen molar-refractivity contribution >= 4 is 22.0 Å². The third-order valence-electron chi connectivity index (χ3n) is 3.70. The highest BCUT2D eigenvalue weighted by molar-refractivity contribution is 9.10. The van der Waals surface area contributed by atoms with Crippen molar-refractivity contribution < 1.29 is 9.53 Å². The molecule has 2 aromatic rings. The van der Waals surface area contributed by atoms with Gasteiger partial charge in [0.15, 0.2) is 0 Å². The molecular formula is C17H20BrN3O2. The van der Waals surface area contributed by atoms with E-state index in [0.29, 0.717) is 13.1 Å². The fourth-order valence-electron chi connectivity index (χ4n) is 2.62. The Morgan fingerprint density at radius 1 is 1.30 bits per heavy atom. The second kappa shape index (κ2) is 6.00. The van der Waals surface area contributed by atoms with Crippen LogP contribution in [0.5, 0.6) is 0 Å². The molecule has 0 spiro atoms. The summed E-state index contributed by atoms with van der Waals surface area (Å²) in [5, 5.41) is 7.55. The lowest BCUT2D eigenvalue weighted by Gasteiger charge is -2.30. The monoisotopic (exact) mass is 377 g/mol. The normalized spacial score (nSPS) is 14.5. The van der Waals surface area contributed by atoms with Gasteiger partial charge in [0.05, 0.1) is 12.2 Å². The van der Waals surface area contributed by atoms with E-state index in [1.807, 2.05) is 45.0 Å². The van der Waals surface area contributed by atoms with Crippen LogP contribution < -0.4 is 0 Å². The van der Waals surface area contributed by atoms with Crippen molar-refractivity contribution in [1.82, 2.24) is 15.1 Å². The molecule has 5 nitrogen and oxygen atoms in total. The molecule has 1 aromatic heterocycles. The molecule has 2 heterocycles. The van der Waals surface area contributed by atoms with E-state index < -0.39 is 5.60 Å². The molecule has 0 saturated heterocycles. The van der Waals surface area contributed by atoms with Gasteiger partial charge >= 0.3 is 6.09 Å². The van der Waals surface area contributed by atoms with Crippen LogP contribution in [0.3, 0.4) is 0 Å². The number of aromatic nitrogens is 2. The van der Waals surface area contributed by atoms with Gasteiger partial charge in [-0.05, 0) is 32.9 Å². The number of benzene rings is 1. The van der Waals surface area contributed by atoms with Crippen LogP contribution in [0.2, 0.25) is 0 Å². The molecule has 0 fully saturated rings. The number of H-pyrrole nitrogens is 1. The van der Waals surface area contributed by atoms with Gasteiger partial charge in [0.1, 0.15) is 5.60 Å². The van der Waals surface area contributed by atoms with Crippen molar-refractivity contribution in [2.24, 2.45) is 0 Å². The summed E-state index contributed by atoms with van der Waals surface area (Å²) >= 11 is 3.44. The Kier molecular flexibility index (Phi) is 4.19. The predicted molar refractivity (Wildman–Crippen MR) is 92.1 cm³/mol. The third-order valence-corrected chi connectivity index (χ3v) is 4.23. The van der Waals surface area contributed by atoms with Gasteiger partial charge in [-0.1, -0.05) is 28.1 Å². The quantitative estimate of drug-likeness (QED) is 0.812. The summed E-state index contributed by atoms with van der Waals surface area (Å²) < 4.78 is 6.51. The van der Waals surface area contributed by atoms with Crippen molar-refractivity contribution in [3.8, 4) is 11.3 Å². The zero-order chi connectivity index (χ0) is 16.6. The van der Waals surface area contributed by atoms with E-state index in [1.165, 1.54) is 0 Å². The van der Waals surface area contributed by atoms with Gasteiger partial charge in [-0.2, -0.15) is 5.10 Å². The number of nitrogens with one attached hydrogen (secondary N) is 1. The lowest BCUT2D eigenvalue weighted by molar-refractivity contribution is 0.0224. The predicted octanol–water partition coefficient (Wildman–Crippen LogP) is 4.13. The Hall–Kier alpha value is -1.82. The van der Waals surface area contributed by atoms with Crippen LogP contribution in [0.1, 0.15) is 32.0 Å². The third kappa shape index (κ3) is 3.58. The average Bonchev–Trinajstić information content (AvgIpc) is 2.89. The van der Waals surface area contributed by atoms with E-state index in [1.54, 1.807) is 4.90 Å². The molecule has 1 N–H and O–H groups in total. The summed E-state index contributed by atoms with van der Waals surface area (Å²) in [7, 11) is 0. The molecule has 1 aliphatic heterocycles. The van der Waals surface area contributed by atoms with Gasteiger partial charge < -0.3 is 9.64 Å². The van der Waals surface area contributed by atoms with Crippen LogP contribution in [-0.4, -0.2) is 33.3 Å². The molecule has 6 heteroatoms. The smallest absolute Gasteiger partial charge is 0.410 e. The summed E-state index contributed by atoms with van der Waals surface area (Å²) in [5.74, 6) is 0. The van der Waals surface area contributed by atoms with Gasteiger partial charge in [0.25, 0.3) is 0 Å². The Labute approximate surface area is 144 Å². The molecule has 1 aliphatic rings. The molecule has 1 aromatic carbocycles. The first kappa shape index (κ1) is 16.1. The van der Waals surface area contributed by atoms with E-state index in [0.717, 1.165) is 33.4 Å². The topological polar surface area (TPSA) is 58.2 Å². The lowest BCUT2D eigenvalue weighted by Crippen LogP contribution is -2.39. The minimum Gasteiger partial charge on any atom is -0.444 e. The maximum atomic E-state index is 12.3. The average molecular weight is 378 g/mol. The van der Waals surface area contributed by atoms with Gasteiger partial charge in [0, 0.05) is 34.3 Å². The van der Waals surface area contributed by atoms with E-state index in [2.05, 4.69) is 26.1 Å². The molecule has 3 rings (SSSR count). The van der Waals surface area contributed by atoms with Crippen LogP contribution in [0.15, 0.2) is 28.7 Å². The highest BCUT2D eigenvalue weighted by atomic mass is 79.9. The Morgan fingerprint density at radius 3 is 2.65 bits per heavy atom. The van der Waals surface area contributed by atoms with Crippen molar-refractivity contribution in [2.75, 3.05) is 6.54 Å². The minimum absolute atomic E-state index is 0.272. The summed E-state index contributed by atoms with van der Waals surface area (Å²) in [5.41, 5.74) is 3.63. The number of hydrogen-bond donors (Lipinski definition) is 1. The first-order valence-electron chi connectivity index (χ1n) is 7.63. The van der Waals surface area contributed by atoms with Gasteiger partial charge in [0.2, 0.25) is 0 Å². The van der Waals surface area contributed by atoms with Crippen LogP contribution >= 0.6 is 15.9 Å². The standard InChI is InChI=1S/C17H20BrN3O2/c1-17(2,3)23-16(22)21-9-8-14-13(10-21)15(20-19-14)11-4-6-12(18)7-5-11/h4-7H,8-10H2,1-3H3,(H,19,20). The summed E-state index contributed by atoms with van der Waals surface area (Å²) in [6.45, 7) is 6.80. The van der Waals surface area contributed by atoms with Crippen molar-refractivity contribution in [3.63, 3.8) is 0 Å². The van der Waals surface area contributed by atoms with Gasteiger partial charge in [-0.25, -0.2) is 4.79 Å². The number of ether oxygens (including phenoxy) is 1. The Morgan fingerprint density at radius 2 is 2.00 bits per heavy atom. The summed E-state index contributed by atoms with van der Waals surface area (Å²) in [6, 6.07) is 8.02. The number of hydrogen-bond acceptors (Lipinski definition) is 3. The zero-order valence-corrected chi connectivity index (χ0v) is 15.1. The van der Waals surface area contributed by atoms with Crippen molar-refractivity contribution in [3.05, 3.63) is 40.0 Å². The van der Waals surface area contributed by atoms with Gasteiger partial charge in [-0.15, -0.1) is 0 Å². The molecular weight excluding hydrogens is 358 g/mol. The number of fused-ring (bicyclic) bond motifs is 1. The first-order valence-corrected chi connectivity index (χ1v) is 8.43. The summed E-state index contributed by atoms with van der Waals surface area (Å²) in [4.78, 5) is 14.0. The highest BCUT2D eigenvalue weighted by Crippen LogP contribution is 2.29. The fourth-order valence-corrected chi connectivity index (χ4v) is 2.89. The maximum absolute atomic E-state index is 12.3. The Balaban J connectivity index is 1.84. The number of carbonyl (C=O) groups excluding carboxylic acids is 1. The number of nitrogens with zero attached hydrogens (tertiary/aromatic N) is 2. The first-order chi connectivity index (χ1) is 10.8. The second-order valence-electron chi connectivity index (χ2n) is 6.69. The number of halogens is 1. The lowest BCUT2D eigenvalue weighted by atomic mass is 10.0. The molecule has 0 saturated carbocycles. The molecule has 23 heavy (non-hydrogen) atoms. The molecule has 0 aliphatic carbocycles. The van der Waals surface area contributed by atoms with Crippen LogP contribution in [0.25, 0.3) is 11.3 Å². The fraction of sp³-hybridized carbons (Fsp3) is 0.412. The zero-order valence-electron chi connectivity index (χ0n) is 13.5. The van der Waals surface area contributed by atoms with Crippen molar-refractivity contribution in [2.45, 2.75) is 39.3 Å². The van der Waals surface area contributed by atoms with Gasteiger partial charge in [-0.3, -0.25) is 5.10 Å². The number of carbonyl (C=O) groups is 1. The van der Waals surface area contributed by atoms with E-state index in [4.69, 9.17) is 4.74 Å². The van der Waals surface area contributed by atoms with E-state index in [-0.39, 0.29) is 6.09 Å². The molecule has 1 amide bonds. The molecule has 0 radical (unpaired) electrons. The number of amides is 1. The minimum atomic E-state index is -0.484. The summed E-state index contributed by atoms with van der Waals surface area (Å²) in [6.07, 6.45) is 0.490. The largest absolute Gasteiger partial charge is 0.444 e. The number of aromatic amines is 1. The van der Waals surface area contributed by atoms with Crippen LogP contribution in [-0.2, 0) is 17.7 Å². The highest BCUT2D eigenvalue weighted by Gasteiger charge is 2.28. The number of rotatable bonds is 1. The maximum Gasteiger partial charge on any atom is 0.410 e. The molecule has 0 unspecified atom stereocenters. The second-order valence-corrected chi connectivity index (χ2v) is 7.60. The van der Waals surface area contributed by atoms with E-state index in [9.17, 15) is 4.79 Å².